The summed E-state index contributed by atoms with van der Waals surface area (Å²) in [7, 11) is -0.996. The summed E-state index contributed by atoms with van der Waals surface area (Å²) in [5.74, 6) is 0.335. The minimum atomic E-state index is -0.996. The maximum atomic E-state index is 11.6. The van der Waals surface area contributed by atoms with Crippen molar-refractivity contribution >= 4 is 32.7 Å². The van der Waals surface area contributed by atoms with Crippen LogP contribution in [0.3, 0.4) is 0 Å². The van der Waals surface area contributed by atoms with Crippen LogP contribution in [0.4, 0.5) is 0 Å². The first-order chi connectivity index (χ1) is 7.57. The molecule has 1 atom stereocenters. The molecule has 16 heavy (non-hydrogen) atoms. The first-order valence-corrected chi connectivity index (χ1v) is 7.56. The van der Waals surface area contributed by atoms with Crippen molar-refractivity contribution < 1.29 is 13.7 Å². The van der Waals surface area contributed by atoms with Crippen molar-refractivity contribution in [1.82, 2.24) is 0 Å². The highest BCUT2D eigenvalue weighted by atomic mass is 79.9. The van der Waals surface area contributed by atoms with Gasteiger partial charge in [-0.1, -0.05) is 26.2 Å². The number of carbonyl (C=O) groups is 1. The second-order valence-corrected chi connectivity index (χ2v) is 6.34. The van der Waals surface area contributed by atoms with Crippen molar-refractivity contribution in [2.75, 3.05) is 12.4 Å². The van der Waals surface area contributed by atoms with Crippen LogP contribution in [0.15, 0.2) is 9.89 Å². The standard InChI is InChI=1S/C11H19BrO3S/c1-3-4-5-6-9-16(14)11(12)7-8-15-10(2)13/h7H,3-6,8-9H2,1-2H3/b11-7-. The first-order valence-electron chi connectivity index (χ1n) is 5.45. The summed E-state index contributed by atoms with van der Waals surface area (Å²) in [6.45, 7) is 3.67. The number of esters is 1. The molecule has 5 heteroatoms. The molecule has 0 aliphatic rings. The summed E-state index contributed by atoms with van der Waals surface area (Å²) >= 11 is 3.23. The normalized spacial score (nSPS) is 13.6. The average molecular weight is 311 g/mol. The van der Waals surface area contributed by atoms with Crippen LogP contribution < -0.4 is 0 Å². The van der Waals surface area contributed by atoms with Gasteiger partial charge in [0.1, 0.15) is 6.61 Å². The molecule has 0 amide bonds. The van der Waals surface area contributed by atoms with Gasteiger partial charge in [0.15, 0.2) is 0 Å². The van der Waals surface area contributed by atoms with E-state index in [1.165, 1.54) is 19.8 Å². The van der Waals surface area contributed by atoms with Gasteiger partial charge in [0.05, 0.1) is 14.6 Å². The Hall–Kier alpha value is -0.160. The molecule has 94 valence electrons. The zero-order valence-corrected chi connectivity index (χ0v) is 12.2. The SMILES string of the molecule is CCCCCCS(=O)/C(Br)=C\COC(C)=O. The van der Waals surface area contributed by atoms with Crippen molar-refractivity contribution in [2.45, 2.75) is 39.5 Å². The quantitative estimate of drug-likeness (QED) is 0.511. The second kappa shape index (κ2) is 10.0. The Kier molecular flexibility index (Phi) is 9.92. The number of ether oxygens (including phenoxy) is 1. The van der Waals surface area contributed by atoms with Gasteiger partial charge >= 0.3 is 5.97 Å². The van der Waals surface area contributed by atoms with Crippen molar-refractivity contribution in [2.24, 2.45) is 0 Å². The summed E-state index contributed by atoms with van der Waals surface area (Å²) in [6, 6.07) is 0. The molecule has 0 aliphatic carbocycles. The van der Waals surface area contributed by atoms with Crippen LogP contribution >= 0.6 is 15.9 Å². The topological polar surface area (TPSA) is 43.4 Å². The fourth-order valence-corrected chi connectivity index (χ4v) is 2.61. The third-order valence-electron chi connectivity index (χ3n) is 1.93. The van der Waals surface area contributed by atoms with Gasteiger partial charge in [-0.25, -0.2) is 0 Å². The minimum Gasteiger partial charge on any atom is -0.462 e. The Morgan fingerprint density at radius 2 is 2.06 bits per heavy atom. The van der Waals surface area contributed by atoms with E-state index in [1.54, 1.807) is 6.08 Å². The Morgan fingerprint density at radius 3 is 2.62 bits per heavy atom. The van der Waals surface area contributed by atoms with E-state index in [0.717, 1.165) is 12.8 Å². The molecule has 0 bridgehead atoms. The fraction of sp³-hybridized carbons (Fsp3) is 0.727. The maximum Gasteiger partial charge on any atom is 0.302 e. The van der Waals surface area contributed by atoms with Gasteiger partial charge in [0.2, 0.25) is 0 Å². The van der Waals surface area contributed by atoms with E-state index in [1.807, 2.05) is 0 Å². The molecule has 0 aromatic heterocycles. The third-order valence-corrected chi connectivity index (χ3v) is 4.60. The zero-order chi connectivity index (χ0) is 12.4. The van der Waals surface area contributed by atoms with Crippen LogP contribution in [-0.4, -0.2) is 22.5 Å². The van der Waals surface area contributed by atoms with Crippen LogP contribution in [-0.2, 0) is 20.3 Å². The van der Waals surface area contributed by atoms with Crippen LogP contribution in [0.1, 0.15) is 39.5 Å². The molecule has 0 N–H and O–H groups in total. The van der Waals surface area contributed by atoms with Gasteiger partial charge < -0.3 is 4.74 Å². The molecule has 0 fully saturated rings. The number of rotatable bonds is 8. The lowest BCUT2D eigenvalue weighted by Crippen LogP contribution is -2.01. The monoisotopic (exact) mass is 310 g/mol. The highest BCUT2D eigenvalue weighted by Gasteiger charge is 2.03. The molecule has 0 radical (unpaired) electrons. The Labute approximate surface area is 108 Å². The molecule has 1 unspecified atom stereocenters. The lowest BCUT2D eigenvalue weighted by molar-refractivity contribution is -0.139. The van der Waals surface area contributed by atoms with Gasteiger partial charge in [0.25, 0.3) is 0 Å². The molecule has 0 aromatic rings. The van der Waals surface area contributed by atoms with Crippen molar-refractivity contribution in [3.8, 4) is 0 Å². The summed E-state index contributed by atoms with van der Waals surface area (Å²) in [5.41, 5.74) is 0. The predicted molar refractivity (Wildman–Crippen MR) is 70.8 cm³/mol. The number of halogens is 1. The van der Waals surface area contributed by atoms with Crippen LogP contribution in [0.25, 0.3) is 0 Å². The molecule has 0 saturated carbocycles. The minimum absolute atomic E-state index is 0.177. The zero-order valence-electron chi connectivity index (χ0n) is 9.83. The highest BCUT2D eigenvalue weighted by molar-refractivity contribution is 9.13. The molecule has 0 heterocycles. The molecule has 0 spiro atoms. The van der Waals surface area contributed by atoms with E-state index >= 15 is 0 Å². The summed E-state index contributed by atoms with van der Waals surface area (Å²) in [6.07, 6.45) is 6.09. The number of hydrogen-bond acceptors (Lipinski definition) is 3. The average Bonchev–Trinajstić information content (AvgIpc) is 2.23. The predicted octanol–water partition coefficient (Wildman–Crippen LogP) is 3.11. The first kappa shape index (κ1) is 15.8. The van der Waals surface area contributed by atoms with Crippen LogP contribution in [0.2, 0.25) is 0 Å². The van der Waals surface area contributed by atoms with Crippen molar-refractivity contribution in [3.63, 3.8) is 0 Å². The van der Waals surface area contributed by atoms with E-state index in [2.05, 4.69) is 22.9 Å². The van der Waals surface area contributed by atoms with Crippen molar-refractivity contribution in [3.05, 3.63) is 9.89 Å². The molecule has 3 nitrogen and oxygen atoms in total. The smallest absolute Gasteiger partial charge is 0.302 e. The third kappa shape index (κ3) is 9.09. The van der Waals surface area contributed by atoms with Gasteiger partial charge in [-0.15, -0.1) is 0 Å². The number of carbonyl (C=O) groups excluding carboxylic acids is 1. The van der Waals surface area contributed by atoms with E-state index in [9.17, 15) is 9.00 Å². The Bertz CT molecular complexity index is 264. The van der Waals surface area contributed by atoms with E-state index in [4.69, 9.17) is 4.74 Å². The summed E-state index contributed by atoms with van der Waals surface area (Å²) in [4.78, 5) is 10.5. The highest BCUT2D eigenvalue weighted by Crippen LogP contribution is 2.13. The summed E-state index contributed by atoms with van der Waals surface area (Å²) < 4.78 is 17.0. The van der Waals surface area contributed by atoms with Crippen LogP contribution in [0.5, 0.6) is 0 Å². The Morgan fingerprint density at radius 1 is 1.38 bits per heavy atom. The molecular weight excluding hydrogens is 292 g/mol. The molecule has 0 aliphatic heterocycles. The fourth-order valence-electron chi connectivity index (χ4n) is 1.07. The van der Waals surface area contributed by atoms with E-state index in [-0.39, 0.29) is 12.6 Å². The van der Waals surface area contributed by atoms with Gasteiger partial charge in [-0.2, -0.15) is 0 Å². The maximum absolute atomic E-state index is 11.6. The molecular formula is C11H19BrO3S. The largest absolute Gasteiger partial charge is 0.462 e. The molecule has 0 aromatic carbocycles. The number of unbranched alkanes of at least 4 members (excludes halogenated alkanes) is 3. The lowest BCUT2D eigenvalue weighted by Gasteiger charge is -2.01. The van der Waals surface area contributed by atoms with Gasteiger partial charge in [-0.05, 0) is 28.4 Å². The van der Waals surface area contributed by atoms with Crippen molar-refractivity contribution in [1.29, 1.82) is 0 Å². The van der Waals surface area contributed by atoms with E-state index < -0.39 is 10.8 Å². The van der Waals surface area contributed by atoms with E-state index in [0.29, 0.717) is 9.57 Å². The summed E-state index contributed by atoms with van der Waals surface area (Å²) in [5, 5.41) is 0. The van der Waals surface area contributed by atoms with Gasteiger partial charge in [-0.3, -0.25) is 9.00 Å². The Balaban J connectivity index is 3.75. The number of hydrogen-bond donors (Lipinski definition) is 0. The van der Waals surface area contributed by atoms with Crippen LogP contribution in [0, 0.1) is 0 Å². The van der Waals surface area contributed by atoms with Gasteiger partial charge in [0, 0.05) is 12.7 Å². The lowest BCUT2D eigenvalue weighted by atomic mass is 10.2. The molecule has 0 saturated heterocycles. The second-order valence-electron chi connectivity index (χ2n) is 3.42. The molecule has 0 rings (SSSR count).